The van der Waals surface area contributed by atoms with Crippen LogP contribution in [-0.4, -0.2) is 19.3 Å². The molecule has 2 atom stereocenters. The lowest BCUT2D eigenvalue weighted by Crippen LogP contribution is -2.39. The molecule has 0 radical (unpaired) electrons. The summed E-state index contributed by atoms with van der Waals surface area (Å²) in [6.45, 7) is 4.07. The van der Waals surface area contributed by atoms with Crippen LogP contribution in [0.1, 0.15) is 57.1 Å². The van der Waals surface area contributed by atoms with Gasteiger partial charge in [-0.15, -0.1) is 0 Å². The van der Waals surface area contributed by atoms with Crippen molar-refractivity contribution in [2.75, 3.05) is 13.2 Å². The first-order valence-corrected chi connectivity index (χ1v) is 7.79. The van der Waals surface area contributed by atoms with Gasteiger partial charge in [0.15, 0.2) is 0 Å². The Hall–Kier alpha value is -0.860. The van der Waals surface area contributed by atoms with Gasteiger partial charge in [-0.2, -0.15) is 0 Å². The van der Waals surface area contributed by atoms with E-state index in [4.69, 9.17) is 4.74 Å². The zero-order valence-corrected chi connectivity index (χ0v) is 12.1. The first-order chi connectivity index (χ1) is 9.40. The second kappa shape index (κ2) is 8.34. The summed E-state index contributed by atoms with van der Waals surface area (Å²) in [6, 6.07) is 11.9. The highest BCUT2D eigenvalue weighted by molar-refractivity contribution is 5.19. The molecule has 1 heterocycles. The Morgan fingerprint density at radius 2 is 2.11 bits per heavy atom. The molecule has 0 amide bonds. The first-order valence-electron chi connectivity index (χ1n) is 7.79. The fourth-order valence-electron chi connectivity index (χ4n) is 2.79. The molecule has 2 heteroatoms. The lowest BCUT2D eigenvalue weighted by molar-refractivity contribution is 0.0657. The van der Waals surface area contributed by atoms with Crippen LogP contribution in [0.4, 0.5) is 0 Å². The third-order valence-electron chi connectivity index (χ3n) is 3.90. The van der Waals surface area contributed by atoms with E-state index in [-0.39, 0.29) is 0 Å². The molecule has 19 heavy (non-hydrogen) atoms. The van der Waals surface area contributed by atoms with Crippen LogP contribution in [0.2, 0.25) is 0 Å². The fourth-order valence-corrected chi connectivity index (χ4v) is 2.79. The Bertz CT molecular complexity index is 332. The molecule has 2 rings (SSSR count). The Labute approximate surface area is 117 Å². The molecule has 1 N–H and O–H groups in total. The van der Waals surface area contributed by atoms with Crippen molar-refractivity contribution in [3.8, 4) is 0 Å². The molecule has 0 aliphatic carbocycles. The van der Waals surface area contributed by atoms with Crippen LogP contribution >= 0.6 is 0 Å². The zero-order valence-electron chi connectivity index (χ0n) is 12.1. The number of nitrogens with one attached hydrogen (secondary N) is 1. The minimum atomic E-state index is 0.486. The molecule has 0 saturated carbocycles. The number of benzene rings is 1. The molecule has 0 bridgehead atoms. The number of unbranched alkanes of at least 4 members (excludes halogenated alkanes) is 2. The molecular weight excluding hydrogens is 234 g/mol. The Morgan fingerprint density at radius 3 is 2.79 bits per heavy atom. The second-order valence-corrected chi connectivity index (χ2v) is 5.54. The van der Waals surface area contributed by atoms with Gasteiger partial charge in [0, 0.05) is 18.7 Å². The molecule has 1 saturated heterocycles. The average Bonchev–Trinajstić information content (AvgIpc) is 2.48. The maximum atomic E-state index is 5.58. The van der Waals surface area contributed by atoms with Crippen LogP contribution in [0.25, 0.3) is 0 Å². The standard InChI is InChI=1S/C17H27NO/c1-2-3-5-12-17(15-9-6-4-7-10-15)18-16-11-8-13-19-14-16/h4,6-7,9-10,16-18H,2-3,5,8,11-14H2,1H3. The summed E-state index contributed by atoms with van der Waals surface area (Å²) >= 11 is 0. The molecular formula is C17H27NO. The predicted octanol–water partition coefficient (Wildman–Crippen LogP) is 4.08. The number of ether oxygens (including phenoxy) is 1. The van der Waals surface area contributed by atoms with Crippen molar-refractivity contribution < 1.29 is 4.74 Å². The van der Waals surface area contributed by atoms with Crippen LogP contribution in [0.5, 0.6) is 0 Å². The topological polar surface area (TPSA) is 21.3 Å². The third kappa shape index (κ3) is 4.96. The maximum absolute atomic E-state index is 5.58. The lowest BCUT2D eigenvalue weighted by Gasteiger charge is -2.29. The van der Waals surface area contributed by atoms with E-state index < -0.39 is 0 Å². The van der Waals surface area contributed by atoms with Crippen molar-refractivity contribution in [3.63, 3.8) is 0 Å². The monoisotopic (exact) mass is 261 g/mol. The SMILES string of the molecule is CCCCCC(NC1CCCOC1)c1ccccc1. The number of rotatable bonds is 7. The third-order valence-corrected chi connectivity index (χ3v) is 3.90. The molecule has 106 valence electrons. The molecule has 2 unspecified atom stereocenters. The van der Waals surface area contributed by atoms with Crippen LogP contribution in [0, 0.1) is 0 Å². The van der Waals surface area contributed by atoms with Crippen LogP contribution in [0.3, 0.4) is 0 Å². The van der Waals surface area contributed by atoms with Crippen molar-refractivity contribution >= 4 is 0 Å². The van der Waals surface area contributed by atoms with E-state index in [0.29, 0.717) is 12.1 Å². The van der Waals surface area contributed by atoms with E-state index in [9.17, 15) is 0 Å². The predicted molar refractivity (Wildman–Crippen MR) is 80.3 cm³/mol. The summed E-state index contributed by atoms with van der Waals surface area (Å²) in [4.78, 5) is 0. The number of hydrogen-bond donors (Lipinski definition) is 1. The van der Waals surface area contributed by atoms with Crippen LogP contribution < -0.4 is 5.32 Å². The van der Waals surface area contributed by atoms with Crippen molar-refractivity contribution in [1.29, 1.82) is 0 Å². The summed E-state index contributed by atoms with van der Waals surface area (Å²) < 4.78 is 5.58. The van der Waals surface area contributed by atoms with E-state index in [2.05, 4.69) is 42.6 Å². The Morgan fingerprint density at radius 1 is 1.26 bits per heavy atom. The van der Waals surface area contributed by atoms with Crippen LogP contribution in [0.15, 0.2) is 30.3 Å². The summed E-state index contributed by atoms with van der Waals surface area (Å²) in [5.74, 6) is 0. The van der Waals surface area contributed by atoms with Gasteiger partial charge in [-0.1, -0.05) is 56.5 Å². The maximum Gasteiger partial charge on any atom is 0.0619 e. The van der Waals surface area contributed by atoms with Crippen molar-refractivity contribution in [2.24, 2.45) is 0 Å². The molecule has 1 aromatic rings. The van der Waals surface area contributed by atoms with E-state index >= 15 is 0 Å². The molecule has 1 aliphatic heterocycles. The normalized spacial score (nSPS) is 21.2. The van der Waals surface area contributed by atoms with Crippen LogP contribution in [-0.2, 0) is 4.74 Å². The minimum Gasteiger partial charge on any atom is -0.380 e. The summed E-state index contributed by atoms with van der Waals surface area (Å²) in [6.07, 6.45) is 7.58. The fraction of sp³-hybridized carbons (Fsp3) is 0.647. The van der Waals surface area contributed by atoms with E-state index in [0.717, 1.165) is 13.2 Å². The van der Waals surface area contributed by atoms with Gasteiger partial charge in [-0.05, 0) is 24.8 Å². The second-order valence-electron chi connectivity index (χ2n) is 5.54. The van der Waals surface area contributed by atoms with Crippen molar-refractivity contribution in [1.82, 2.24) is 5.32 Å². The van der Waals surface area contributed by atoms with E-state index in [1.807, 2.05) is 0 Å². The first kappa shape index (κ1) is 14.5. The quantitative estimate of drug-likeness (QED) is 0.747. The van der Waals surface area contributed by atoms with Gasteiger partial charge in [-0.3, -0.25) is 0 Å². The molecule has 1 fully saturated rings. The van der Waals surface area contributed by atoms with Gasteiger partial charge in [-0.25, -0.2) is 0 Å². The van der Waals surface area contributed by atoms with Gasteiger partial charge in [0.2, 0.25) is 0 Å². The van der Waals surface area contributed by atoms with Gasteiger partial charge >= 0.3 is 0 Å². The Kier molecular flexibility index (Phi) is 6.38. The van der Waals surface area contributed by atoms with Gasteiger partial charge < -0.3 is 10.1 Å². The van der Waals surface area contributed by atoms with Gasteiger partial charge in [0.1, 0.15) is 0 Å². The highest BCUT2D eigenvalue weighted by Crippen LogP contribution is 2.22. The van der Waals surface area contributed by atoms with E-state index in [1.54, 1.807) is 0 Å². The summed E-state index contributed by atoms with van der Waals surface area (Å²) in [5, 5.41) is 3.81. The van der Waals surface area contributed by atoms with Gasteiger partial charge in [0.25, 0.3) is 0 Å². The molecule has 2 nitrogen and oxygen atoms in total. The molecule has 0 aromatic heterocycles. The average molecular weight is 261 g/mol. The largest absolute Gasteiger partial charge is 0.380 e. The van der Waals surface area contributed by atoms with Crippen molar-refractivity contribution in [3.05, 3.63) is 35.9 Å². The van der Waals surface area contributed by atoms with E-state index in [1.165, 1.54) is 44.1 Å². The smallest absolute Gasteiger partial charge is 0.0619 e. The molecule has 0 spiro atoms. The lowest BCUT2D eigenvalue weighted by atomic mass is 9.98. The molecule has 1 aliphatic rings. The highest BCUT2D eigenvalue weighted by Gasteiger charge is 2.19. The summed E-state index contributed by atoms with van der Waals surface area (Å²) in [7, 11) is 0. The van der Waals surface area contributed by atoms with Gasteiger partial charge in [0.05, 0.1) is 6.61 Å². The Balaban J connectivity index is 1.92. The minimum absolute atomic E-state index is 0.486. The summed E-state index contributed by atoms with van der Waals surface area (Å²) in [5.41, 5.74) is 1.42. The highest BCUT2D eigenvalue weighted by atomic mass is 16.5. The number of hydrogen-bond acceptors (Lipinski definition) is 2. The zero-order chi connectivity index (χ0) is 13.3. The van der Waals surface area contributed by atoms with Crippen molar-refractivity contribution in [2.45, 2.75) is 57.5 Å². The molecule has 1 aromatic carbocycles.